The number of hydrogen-bond donors (Lipinski definition) is 0. The summed E-state index contributed by atoms with van der Waals surface area (Å²) in [5.74, 6) is 2.67. The molecule has 2 atom stereocenters. The summed E-state index contributed by atoms with van der Waals surface area (Å²) in [7, 11) is -2.13. The first-order valence-electron chi connectivity index (χ1n) is 17.7. The Morgan fingerprint density at radius 1 is 0.804 bits per heavy atom. The first-order chi connectivity index (χ1) is 22.2. The highest BCUT2D eigenvalue weighted by Gasteiger charge is 2.48. The molecule has 0 saturated heterocycles. The van der Waals surface area contributed by atoms with Crippen molar-refractivity contribution in [1.82, 2.24) is 0 Å². The Balaban J connectivity index is 1.58. The van der Waals surface area contributed by atoms with E-state index in [1.54, 1.807) is 0 Å². The summed E-state index contributed by atoms with van der Waals surface area (Å²) in [6.45, 7) is 14.0. The molecule has 2 unspecified atom stereocenters. The summed E-state index contributed by atoms with van der Waals surface area (Å²) in [5, 5.41) is 0. The Hall–Kier alpha value is -2.95. The van der Waals surface area contributed by atoms with Gasteiger partial charge in [0, 0.05) is 27.4 Å². The van der Waals surface area contributed by atoms with E-state index in [0.29, 0.717) is 0 Å². The maximum atomic E-state index is 7.15. The second-order valence-corrected chi connectivity index (χ2v) is 19.2. The van der Waals surface area contributed by atoms with Gasteiger partial charge in [-0.15, -0.1) is 0 Å². The van der Waals surface area contributed by atoms with E-state index in [9.17, 15) is 0 Å². The van der Waals surface area contributed by atoms with E-state index in [1.165, 1.54) is 69.9 Å². The first kappa shape index (κ1) is 31.6. The van der Waals surface area contributed by atoms with Crippen LogP contribution in [-0.2, 0) is 10.1 Å². The molecule has 0 spiro atoms. The number of hydrogen-bond acceptors (Lipinski definition) is 2. The summed E-state index contributed by atoms with van der Waals surface area (Å²) < 4.78 is 13.6. The van der Waals surface area contributed by atoms with Crippen molar-refractivity contribution in [3.8, 4) is 16.9 Å². The zero-order valence-electron chi connectivity index (χ0n) is 28.7. The van der Waals surface area contributed by atoms with Crippen molar-refractivity contribution in [2.24, 2.45) is 11.8 Å². The van der Waals surface area contributed by atoms with E-state index >= 15 is 0 Å². The van der Waals surface area contributed by atoms with Gasteiger partial charge < -0.3 is 9.31 Å². The van der Waals surface area contributed by atoms with Crippen molar-refractivity contribution in [3.05, 3.63) is 103 Å². The second-order valence-electron chi connectivity index (χ2n) is 15.4. The van der Waals surface area contributed by atoms with E-state index < -0.39 is 17.1 Å². The van der Waals surface area contributed by atoms with Gasteiger partial charge in [0.15, 0.2) is 0 Å². The van der Waals surface area contributed by atoms with Crippen LogP contribution in [0.3, 0.4) is 0 Å². The molecule has 7 rings (SSSR count). The van der Waals surface area contributed by atoms with Crippen LogP contribution < -0.4 is 10.1 Å². The summed E-state index contributed by atoms with van der Waals surface area (Å²) >= 11 is 0. The van der Waals surface area contributed by atoms with E-state index in [1.807, 2.05) is 0 Å². The highest BCUT2D eigenvalue weighted by Crippen LogP contribution is 2.76. The van der Waals surface area contributed by atoms with Gasteiger partial charge in [0.05, 0.1) is 0 Å². The molecule has 2 aliphatic carbocycles. The molecule has 1 aliphatic heterocycles. The molecule has 2 nitrogen and oxygen atoms in total. The van der Waals surface area contributed by atoms with E-state index in [-0.39, 0.29) is 16.3 Å². The average Bonchev–Trinajstić information content (AvgIpc) is 3.05. The maximum Gasteiger partial charge on any atom is 0.563 e. The third-order valence-corrected chi connectivity index (χ3v) is 15.9. The van der Waals surface area contributed by atoms with Crippen LogP contribution in [-0.4, -0.2) is 18.0 Å². The van der Waals surface area contributed by atoms with Crippen LogP contribution in [0.1, 0.15) is 92.1 Å². The zero-order valence-corrected chi connectivity index (χ0v) is 29.5. The summed E-state index contributed by atoms with van der Waals surface area (Å²) in [6, 6.07) is 36.7. The monoisotopic (exact) mass is 630 g/mol. The van der Waals surface area contributed by atoms with Crippen molar-refractivity contribution in [1.29, 1.82) is 0 Å². The van der Waals surface area contributed by atoms with Gasteiger partial charge in [-0.25, -0.2) is 0 Å². The standard InChI is InChI=1S/C42H51BO2S/c1-7-42(28-31-17-16-18-32(25-31)29-42)38-27-35(26-37-36-23-14-15-24-39(36)43(44-30(2)3)45-40(37)38)46(41(4,5)6,33-19-10-8-11-20-33)34-21-12-9-13-22-34/h8-15,19-24,26-27,30-32H,7,16-18,25,28-29H2,1-6H3. The van der Waals surface area contributed by atoms with Crippen LogP contribution in [0, 0.1) is 11.8 Å². The minimum absolute atomic E-state index is 0.0536. The lowest BCUT2D eigenvalue weighted by atomic mass is 9.57. The van der Waals surface area contributed by atoms with Crippen molar-refractivity contribution in [2.75, 3.05) is 0 Å². The molecule has 4 aromatic rings. The Morgan fingerprint density at radius 3 is 1.96 bits per heavy atom. The van der Waals surface area contributed by atoms with Gasteiger partial charge in [0.2, 0.25) is 0 Å². The fourth-order valence-electron chi connectivity index (χ4n) is 9.35. The van der Waals surface area contributed by atoms with Crippen LogP contribution >= 0.6 is 10.0 Å². The molecule has 2 saturated carbocycles. The van der Waals surface area contributed by atoms with Gasteiger partial charge in [-0.05, 0) is 113 Å². The lowest BCUT2D eigenvalue weighted by Gasteiger charge is -2.53. The minimum Gasteiger partial charge on any atom is -0.532 e. The number of benzene rings is 4. The Kier molecular flexibility index (Phi) is 8.43. The Labute approximate surface area is 279 Å². The highest BCUT2D eigenvalue weighted by molar-refractivity contribution is 8.34. The molecule has 0 radical (unpaired) electrons. The normalized spacial score (nSPS) is 23.0. The largest absolute Gasteiger partial charge is 0.563 e. The van der Waals surface area contributed by atoms with Crippen LogP contribution in [0.25, 0.3) is 11.1 Å². The summed E-state index contributed by atoms with van der Waals surface area (Å²) in [5.41, 5.74) is 5.14. The molecule has 2 bridgehead atoms. The van der Waals surface area contributed by atoms with E-state index in [2.05, 4.69) is 139 Å². The Bertz CT molecular complexity index is 1620. The van der Waals surface area contributed by atoms with E-state index in [4.69, 9.17) is 9.31 Å². The molecule has 240 valence electrons. The SMILES string of the molecule is CCC1(c2cc(S(c3ccccc3)(c3ccccc3)C(C)(C)C)cc3c2OB(OC(C)C)c2ccccc2-3)CC2CCCC(C2)C1. The van der Waals surface area contributed by atoms with E-state index in [0.717, 1.165) is 29.5 Å². The van der Waals surface area contributed by atoms with Crippen LogP contribution in [0.5, 0.6) is 5.75 Å². The Morgan fingerprint density at radius 2 is 1.39 bits per heavy atom. The minimum atomic E-state index is -1.72. The zero-order chi connectivity index (χ0) is 32.1. The average molecular weight is 631 g/mol. The van der Waals surface area contributed by atoms with Gasteiger partial charge in [-0.2, -0.15) is 10.0 Å². The van der Waals surface area contributed by atoms with Crippen LogP contribution in [0.15, 0.2) is 112 Å². The predicted octanol–water partition coefficient (Wildman–Crippen LogP) is 11.2. The summed E-state index contributed by atoms with van der Waals surface area (Å²) in [6.07, 6.45) is 9.23. The highest BCUT2D eigenvalue weighted by atomic mass is 32.3. The fraction of sp³-hybridized carbons (Fsp3) is 0.429. The van der Waals surface area contributed by atoms with Gasteiger partial charge >= 0.3 is 7.12 Å². The molecular weight excluding hydrogens is 579 g/mol. The molecule has 3 aliphatic rings. The summed E-state index contributed by atoms with van der Waals surface area (Å²) in [4.78, 5) is 4.27. The fourth-order valence-corrected chi connectivity index (χ4v) is 14.0. The number of fused-ring (bicyclic) bond motifs is 5. The molecule has 46 heavy (non-hydrogen) atoms. The van der Waals surface area contributed by atoms with Gasteiger partial charge in [0.25, 0.3) is 0 Å². The third-order valence-electron chi connectivity index (χ3n) is 11.2. The van der Waals surface area contributed by atoms with Crippen molar-refractivity contribution in [2.45, 2.75) is 117 Å². The van der Waals surface area contributed by atoms with Crippen LogP contribution in [0.4, 0.5) is 0 Å². The topological polar surface area (TPSA) is 18.5 Å². The maximum absolute atomic E-state index is 7.15. The lowest BCUT2D eigenvalue weighted by molar-refractivity contribution is 0.105. The smallest absolute Gasteiger partial charge is 0.532 e. The second kappa shape index (κ2) is 12.3. The molecule has 2 fully saturated rings. The number of rotatable bonds is 7. The first-order valence-corrected chi connectivity index (χ1v) is 19.3. The van der Waals surface area contributed by atoms with Crippen molar-refractivity contribution >= 4 is 22.6 Å². The predicted molar refractivity (Wildman–Crippen MR) is 196 cm³/mol. The third kappa shape index (κ3) is 5.25. The van der Waals surface area contributed by atoms with Crippen molar-refractivity contribution in [3.63, 3.8) is 0 Å². The quantitative estimate of drug-likeness (QED) is 0.189. The molecule has 1 heterocycles. The van der Waals surface area contributed by atoms with Crippen LogP contribution in [0.2, 0.25) is 0 Å². The molecule has 0 amide bonds. The molecule has 0 aromatic heterocycles. The lowest BCUT2D eigenvalue weighted by Crippen LogP contribution is -2.46. The molecular formula is C42H51BO2S. The van der Waals surface area contributed by atoms with Gasteiger partial charge in [-0.1, -0.05) is 108 Å². The molecule has 0 N–H and O–H groups in total. The van der Waals surface area contributed by atoms with Gasteiger partial charge in [-0.3, -0.25) is 0 Å². The van der Waals surface area contributed by atoms with Crippen molar-refractivity contribution < 1.29 is 9.31 Å². The van der Waals surface area contributed by atoms with Gasteiger partial charge in [0.1, 0.15) is 5.75 Å². The molecule has 4 aromatic carbocycles. The molecule has 4 heteroatoms.